The van der Waals surface area contributed by atoms with Gasteiger partial charge in [-0.2, -0.15) is 0 Å². The Bertz CT molecular complexity index is 1250. The van der Waals surface area contributed by atoms with Crippen molar-refractivity contribution < 1.29 is 13.9 Å². The van der Waals surface area contributed by atoms with Gasteiger partial charge in [0.1, 0.15) is 18.2 Å². The average Bonchev–Trinajstić information content (AvgIpc) is 2.73. The fourth-order valence-electron chi connectivity index (χ4n) is 3.05. The monoisotopic (exact) mass is 388 g/mol. The van der Waals surface area contributed by atoms with Crippen LogP contribution in [0.15, 0.2) is 83.8 Å². The van der Waals surface area contributed by atoms with E-state index in [1.165, 1.54) is 18.3 Å². The number of fused-ring (bicyclic) bond motifs is 1. The van der Waals surface area contributed by atoms with Gasteiger partial charge in [-0.15, -0.1) is 0 Å². The number of carbonyl (C=O) groups excluding carboxylic acids is 1. The van der Waals surface area contributed by atoms with Gasteiger partial charge in [0.05, 0.1) is 5.56 Å². The van der Waals surface area contributed by atoms with E-state index < -0.39 is 0 Å². The molecule has 3 aromatic carbocycles. The molecule has 0 unspecified atom stereocenters. The molecule has 0 radical (unpaired) electrons. The summed E-state index contributed by atoms with van der Waals surface area (Å²) in [5.74, 6) is -0.127. The van der Waals surface area contributed by atoms with E-state index in [4.69, 9.17) is 4.74 Å². The maximum absolute atomic E-state index is 13.3. The first kappa shape index (κ1) is 18.4. The number of H-pyrrole nitrogens is 1. The molecule has 2 N–H and O–H groups in total. The number of carbonyl (C=O) groups is 1. The molecule has 0 atom stereocenters. The molecule has 1 amide bonds. The topological polar surface area (TPSA) is 71.2 Å². The number of rotatable bonds is 5. The van der Waals surface area contributed by atoms with Gasteiger partial charge in [0.25, 0.3) is 11.5 Å². The molecular weight excluding hydrogens is 371 g/mol. The van der Waals surface area contributed by atoms with Crippen LogP contribution < -0.4 is 15.6 Å². The number of hydrogen-bond acceptors (Lipinski definition) is 3. The summed E-state index contributed by atoms with van der Waals surface area (Å²) in [5.41, 5.74) is 1.37. The number of aromatic amines is 1. The highest BCUT2D eigenvalue weighted by Gasteiger charge is 2.12. The number of ether oxygens (including phenoxy) is 1. The number of aromatic nitrogens is 1. The third-order valence-electron chi connectivity index (χ3n) is 4.44. The highest BCUT2D eigenvalue weighted by molar-refractivity contribution is 6.12. The summed E-state index contributed by atoms with van der Waals surface area (Å²) in [6.45, 7) is 0.208. The fourth-order valence-corrected chi connectivity index (χ4v) is 3.05. The van der Waals surface area contributed by atoms with Crippen LogP contribution in [0.2, 0.25) is 0 Å². The van der Waals surface area contributed by atoms with Crippen LogP contribution in [0.5, 0.6) is 5.75 Å². The van der Waals surface area contributed by atoms with Crippen molar-refractivity contribution in [1.82, 2.24) is 4.98 Å². The van der Waals surface area contributed by atoms with E-state index in [0.29, 0.717) is 33.3 Å². The fraction of sp³-hybridized carbons (Fsp3) is 0.0435. The summed E-state index contributed by atoms with van der Waals surface area (Å²) >= 11 is 0. The number of amides is 1. The number of pyridine rings is 1. The van der Waals surface area contributed by atoms with Crippen molar-refractivity contribution in [2.24, 2.45) is 0 Å². The predicted molar refractivity (Wildman–Crippen MR) is 110 cm³/mol. The van der Waals surface area contributed by atoms with Crippen molar-refractivity contribution in [1.29, 1.82) is 0 Å². The lowest BCUT2D eigenvalue weighted by Crippen LogP contribution is -2.16. The third kappa shape index (κ3) is 4.16. The molecule has 1 heterocycles. The zero-order chi connectivity index (χ0) is 20.2. The molecule has 0 spiro atoms. The zero-order valence-electron chi connectivity index (χ0n) is 15.3. The molecule has 0 aliphatic heterocycles. The van der Waals surface area contributed by atoms with Gasteiger partial charge in [-0.05, 0) is 35.9 Å². The Morgan fingerprint density at radius 3 is 2.59 bits per heavy atom. The first-order valence-electron chi connectivity index (χ1n) is 8.99. The molecule has 4 rings (SSSR count). The number of nitrogens with one attached hydrogen (secondary N) is 2. The van der Waals surface area contributed by atoms with Crippen LogP contribution in [0.3, 0.4) is 0 Å². The Kier molecular flexibility index (Phi) is 5.07. The van der Waals surface area contributed by atoms with Gasteiger partial charge in [-0.1, -0.05) is 36.4 Å². The predicted octanol–water partition coefficient (Wildman–Crippen LogP) is 4.50. The average molecular weight is 388 g/mol. The molecule has 0 fully saturated rings. The lowest BCUT2D eigenvalue weighted by Gasteiger charge is -2.10. The van der Waals surface area contributed by atoms with Gasteiger partial charge >= 0.3 is 0 Å². The third-order valence-corrected chi connectivity index (χ3v) is 4.44. The Morgan fingerprint density at radius 2 is 1.76 bits per heavy atom. The van der Waals surface area contributed by atoms with Crippen LogP contribution in [-0.2, 0) is 6.61 Å². The van der Waals surface area contributed by atoms with Gasteiger partial charge < -0.3 is 15.0 Å². The second-order valence-corrected chi connectivity index (χ2v) is 6.48. The maximum atomic E-state index is 13.3. The van der Waals surface area contributed by atoms with E-state index in [-0.39, 0.29) is 23.9 Å². The molecule has 1 aromatic heterocycles. The minimum Gasteiger partial charge on any atom is -0.489 e. The molecule has 6 heteroatoms. The van der Waals surface area contributed by atoms with Crippen LogP contribution in [0.25, 0.3) is 10.8 Å². The van der Waals surface area contributed by atoms with E-state index in [2.05, 4.69) is 10.3 Å². The van der Waals surface area contributed by atoms with Crippen LogP contribution in [0.1, 0.15) is 15.9 Å². The van der Waals surface area contributed by atoms with Gasteiger partial charge in [-0.3, -0.25) is 9.59 Å². The lowest BCUT2D eigenvalue weighted by molar-refractivity contribution is 0.102. The number of halogens is 1. The standard InChI is InChI=1S/C23H17FN2O3/c24-16-6-3-5-15(11-16)14-29-18-8-4-7-17(12-18)26-23(28)21-13-25-22(27)20-10-2-1-9-19(20)21/h1-13H,14H2,(H,25,27)(H,26,28). The summed E-state index contributed by atoms with van der Waals surface area (Å²) in [6.07, 6.45) is 1.41. The smallest absolute Gasteiger partial charge is 0.257 e. The first-order chi connectivity index (χ1) is 14.1. The van der Waals surface area contributed by atoms with E-state index in [1.54, 1.807) is 60.7 Å². The summed E-state index contributed by atoms with van der Waals surface area (Å²) in [7, 11) is 0. The van der Waals surface area contributed by atoms with Crippen LogP contribution in [-0.4, -0.2) is 10.9 Å². The van der Waals surface area contributed by atoms with Crippen LogP contribution in [0, 0.1) is 5.82 Å². The number of hydrogen-bond donors (Lipinski definition) is 2. The lowest BCUT2D eigenvalue weighted by atomic mass is 10.1. The van der Waals surface area contributed by atoms with E-state index in [9.17, 15) is 14.0 Å². The number of anilines is 1. The highest BCUT2D eigenvalue weighted by Crippen LogP contribution is 2.21. The summed E-state index contributed by atoms with van der Waals surface area (Å²) in [6, 6.07) is 20.0. The second kappa shape index (κ2) is 7.98. The van der Waals surface area contributed by atoms with E-state index in [0.717, 1.165) is 0 Å². The molecule has 0 aliphatic carbocycles. The van der Waals surface area contributed by atoms with E-state index >= 15 is 0 Å². The Labute approximate surface area is 165 Å². The Hall–Kier alpha value is -3.93. The van der Waals surface area contributed by atoms with Gasteiger partial charge in [-0.25, -0.2) is 4.39 Å². The zero-order valence-corrected chi connectivity index (χ0v) is 15.3. The molecule has 0 bridgehead atoms. The molecule has 5 nitrogen and oxygen atoms in total. The van der Waals surface area contributed by atoms with Crippen molar-refractivity contribution >= 4 is 22.4 Å². The summed E-state index contributed by atoms with van der Waals surface area (Å²) in [5, 5.41) is 3.84. The van der Waals surface area contributed by atoms with Crippen molar-refractivity contribution in [3.05, 3.63) is 106 Å². The summed E-state index contributed by atoms with van der Waals surface area (Å²) in [4.78, 5) is 27.3. The normalized spacial score (nSPS) is 10.7. The number of benzene rings is 3. The van der Waals surface area contributed by atoms with Crippen LogP contribution in [0.4, 0.5) is 10.1 Å². The highest BCUT2D eigenvalue weighted by atomic mass is 19.1. The quantitative estimate of drug-likeness (QED) is 0.529. The molecule has 29 heavy (non-hydrogen) atoms. The molecular formula is C23H17FN2O3. The maximum Gasteiger partial charge on any atom is 0.257 e. The van der Waals surface area contributed by atoms with Gasteiger partial charge in [0.15, 0.2) is 0 Å². The van der Waals surface area contributed by atoms with E-state index in [1.807, 2.05) is 0 Å². The molecule has 0 saturated carbocycles. The SMILES string of the molecule is O=C(Nc1cccc(OCc2cccc(F)c2)c1)c1c[nH]c(=O)c2ccccc12. The molecule has 144 valence electrons. The van der Waals surface area contributed by atoms with Crippen LogP contribution >= 0.6 is 0 Å². The van der Waals surface area contributed by atoms with Gasteiger partial charge in [0.2, 0.25) is 0 Å². The first-order valence-corrected chi connectivity index (χ1v) is 8.99. The molecule has 4 aromatic rings. The largest absolute Gasteiger partial charge is 0.489 e. The van der Waals surface area contributed by atoms with Crippen molar-refractivity contribution in [2.45, 2.75) is 6.61 Å². The summed E-state index contributed by atoms with van der Waals surface area (Å²) < 4.78 is 19.0. The minimum atomic E-state index is -0.347. The van der Waals surface area contributed by atoms with Gasteiger partial charge in [0, 0.05) is 28.7 Å². The second-order valence-electron chi connectivity index (χ2n) is 6.48. The Morgan fingerprint density at radius 1 is 0.966 bits per heavy atom. The van der Waals surface area contributed by atoms with Crippen molar-refractivity contribution in [3.63, 3.8) is 0 Å². The Balaban J connectivity index is 1.52. The molecule has 0 aliphatic rings. The van der Waals surface area contributed by atoms with Crippen molar-refractivity contribution in [3.8, 4) is 5.75 Å². The molecule has 0 saturated heterocycles. The van der Waals surface area contributed by atoms with Crippen molar-refractivity contribution in [2.75, 3.05) is 5.32 Å². The minimum absolute atomic E-state index is 0.208.